The maximum absolute atomic E-state index is 13.3. The second kappa shape index (κ2) is 9.93. The van der Waals surface area contributed by atoms with Crippen LogP contribution in [0.5, 0.6) is 11.6 Å². The summed E-state index contributed by atoms with van der Waals surface area (Å²) in [6.07, 6.45) is 2.07. The van der Waals surface area contributed by atoms with Crippen LogP contribution >= 0.6 is 23.1 Å². The van der Waals surface area contributed by atoms with Gasteiger partial charge in [0.15, 0.2) is 0 Å². The van der Waals surface area contributed by atoms with Crippen LogP contribution in [0.25, 0.3) is 21.3 Å². The zero-order chi connectivity index (χ0) is 22.5. The molecule has 0 saturated heterocycles. The molecule has 0 aliphatic rings. The molecule has 9 heteroatoms. The first-order chi connectivity index (χ1) is 15.5. The Morgan fingerprint density at radius 1 is 1.12 bits per heavy atom. The number of nitrogens with zero attached hydrogens (tertiary/aromatic N) is 3. The normalized spacial score (nSPS) is 10.8. The minimum Gasteiger partial charge on any atom is -0.493 e. The van der Waals surface area contributed by atoms with Crippen molar-refractivity contribution in [3.05, 3.63) is 71.6 Å². The topological polar surface area (TPSA) is 64.6 Å². The van der Waals surface area contributed by atoms with Crippen molar-refractivity contribution < 1.29 is 18.7 Å². The van der Waals surface area contributed by atoms with Gasteiger partial charge in [0, 0.05) is 41.8 Å². The number of aromatic nitrogens is 2. The molecule has 0 atom stereocenters. The van der Waals surface area contributed by atoms with Crippen LogP contribution in [0.1, 0.15) is 16.8 Å². The van der Waals surface area contributed by atoms with Crippen LogP contribution in [0.15, 0.2) is 60.2 Å². The number of fused-ring (bicyclic) bond motifs is 1. The van der Waals surface area contributed by atoms with Gasteiger partial charge in [-0.1, -0.05) is 18.2 Å². The van der Waals surface area contributed by atoms with E-state index in [1.54, 1.807) is 36.4 Å². The van der Waals surface area contributed by atoms with E-state index in [0.717, 1.165) is 25.8 Å². The van der Waals surface area contributed by atoms with E-state index in [0.29, 0.717) is 36.8 Å². The molecular weight excluding hydrogens is 453 g/mol. The highest BCUT2D eigenvalue weighted by Gasteiger charge is 2.14. The molecule has 164 valence electrons. The Labute approximate surface area is 193 Å². The van der Waals surface area contributed by atoms with Gasteiger partial charge in [-0.2, -0.15) is 0 Å². The molecule has 0 N–H and O–H groups in total. The van der Waals surface area contributed by atoms with Gasteiger partial charge in [-0.3, -0.25) is 9.21 Å². The number of hydrogen-bond acceptors (Lipinski definition) is 6. The van der Waals surface area contributed by atoms with Crippen LogP contribution in [-0.4, -0.2) is 40.6 Å². The van der Waals surface area contributed by atoms with Gasteiger partial charge in [0.05, 0.1) is 18.6 Å². The van der Waals surface area contributed by atoms with Crippen LogP contribution < -0.4 is 9.47 Å². The molecule has 2 aromatic carbocycles. The molecule has 0 radical (unpaired) electrons. The van der Waals surface area contributed by atoms with Crippen molar-refractivity contribution in [2.45, 2.75) is 6.42 Å². The van der Waals surface area contributed by atoms with Crippen molar-refractivity contribution in [2.75, 3.05) is 20.3 Å². The van der Waals surface area contributed by atoms with Crippen molar-refractivity contribution in [1.29, 1.82) is 0 Å². The summed E-state index contributed by atoms with van der Waals surface area (Å²) < 4.78 is 25.9. The molecule has 6 nitrogen and oxygen atoms in total. The van der Waals surface area contributed by atoms with Crippen LogP contribution in [0, 0.1) is 5.82 Å². The van der Waals surface area contributed by atoms with E-state index in [1.165, 1.54) is 36.8 Å². The van der Waals surface area contributed by atoms with Crippen LogP contribution in [-0.2, 0) is 0 Å². The van der Waals surface area contributed by atoms with E-state index >= 15 is 0 Å². The smallest absolute Gasteiger partial charge is 0.268 e. The van der Waals surface area contributed by atoms with Gasteiger partial charge in [0.25, 0.3) is 5.91 Å². The van der Waals surface area contributed by atoms with Crippen molar-refractivity contribution in [2.24, 2.45) is 0 Å². The van der Waals surface area contributed by atoms with Gasteiger partial charge in [0.1, 0.15) is 22.7 Å². The number of benzene rings is 2. The molecule has 0 bridgehead atoms. The van der Waals surface area contributed by atoms with Crippen LogP contribution in [0.2, 0.25) is 0 Å². The average molecular weight is 472 g/mol. The van der Waals surface area contributed by atoms with E-state index < -0.39 is 0 Å². The standard InChI is InChI=1S/C23H19ClFN3O3S/c1-28(24)23(29)16-4-2-5-18(12-16)30-10-3-11-31-21-20-19(13-32-22(20)27-14-26-21)15-6-8-17(25)9-7-15/h2,4-9,12-14H,3,10-11H2,1H3. The molecule has 0 spiro atoms. The number of ether oxygens (including phenoxy) is 2. The van der Waals surface area contributed by atoms with Gasteiger partial charge in [0.2, 0.25) is 5.88 Å². The molecule has 0 aliphatic heterocycles. The summed E-state index contributed by atoms with van der Waals surface area (Å²) in [5, 5.41) is 2.77. The fraction of sp³-hybridized carbons (Fsp3) is 0.174. The largest absolute Gasteiger partial charge is 0.493 e. The first-order valence-electron chi connectivity index (χ1n) is 9.80. The fourth-order valence-electron chi connectivity index (χ4n) is 3.11. The Morgan fingerprint density at radius 2 is 1.91 bits per heavy atom. The summed E-state index contributed by atoms with van der Waals surface area (Å²) in [5.41, 5.74) is 2.23. The number of rotatable bonds is 8. The van der Waals surface area contributed by atoms with Gasteiger partial charge in [-0.05, 0) is 35.9 Å². The zero-order valence-corrected chi connectivity index (χ0v) is 18.7. The second-order valence-corrected chi connectivity index (χ2v) is 8.24. The number of carbonyl (C=O) groups is 1. The van der Waals surface area contributed by atoms with E-state index in [-0.39, 0.29) is 11.7 Å². The highest BCUT2D eigenvalue weighted by Crippen LogP contribution is 2.37. The van der Waals surface area contributed by atoms with Crippen LogP contribution in [0.3, 0.4) is 0 Å². The van der Waals surface area contributed by atoms with Crippen molar-refractivity contribution >= 4 is 39.2 Å². The molecule has 0 aliphatic carbocycles. The number of hydrogen-bond donors (Lipinski definition) is 0. The van der Waals surface area contributed by atoms with E-state index in [4.69, 9.17) is 21.3 Å². The third kappa shape index (κ3) is 4.98. The first-order valence-corrected chi connectivity index (χ1v) is 11.0. The minimum atomic E-state index is -0.305. The molecule has 4 aromatic rings. The van der Waals surface area contributed by atoms with Crippen molar-refractivity contribution in [3.8, 4) is 22.8 Å². The highest BCUT2D eigenvalue weighted by atomic mass is 35.5. The van der Waals surface area contributed by atoms with E-state index in [2.05, 4.69) is 9.97 Å². The third-order valence-corrected chi connectivity index (χ3v) is 5.69. The number of thiophene rings is 1. The summed E-state index contributed by atoms with van der Waals surface area (Å²) in [6.45, 7) is 0.783. The van der Waals surface area contributed by atoms with Crippen LogP contribution in [0.4, 0.5) is 4.39 Å². The highest BCUT2D eigenvalue weighted by molar-refractivity contribution is 7.17. The molecule has 32 heavy (non-hydrogen) atoms. The van der Waals surface area contributed by atoms with Gasteiger partial charge >= 0.3 is 0 Å². The van der Waals surface area contributed by atoms with Crippen molar-refractivity contribution in [3.63, 3.8) is 0 Å². The van der Waals surface area contributed by atoms with E-state index in [1.807, 2.05) is 5.38 Å². The molecule has 1 amide bonds. The second-order valence-electron chi connectivity index (χ2n) is 6.88. The molecule has 2 heterocycles. The Bertz CT molecular complexity index is 1230. The molecule has 4 rings (SSSR count). The Morgan fingerprint density at radius 3 is 2.69 bits per heavy atom. The number of halogens is 2. The first kappa shape index (κ1) is 22.0. The SMILES string of the molecule is CN(Cl)C(=O)c1cccc(OCCCOc2ncnc3scc(-c4ccc(F)cc4)c23)c1. The molecule has 0 unspecified atom stereocenters. The number of carbonyl (C=O) groups excluding carboxylic acids is 1. The van der Waals surface area contributed by atoms with Gasteiger partial charge < -0.3 is 9.47 Å². The molecule has 0 fully saturated rings. The number of amides is 1. The summed E-state index contributed by atoms with van der Waals surface area (Å²) in [6, 6.07) is 13.1. The lowest BCUT2D eigenvalue weighted by Gasteiger charge is -2.11. The molecule has 0 saturated carbocycles. The lowest BCUT2D eigenvalue weighted by Crippen LogP contribution is -2.16. The maximum Gasteiger partial charge on any atom is 0.268 e. The predicted molar refractivity (Wildman–Crippen MR) is 123 cm³/mol. The fourth-order valence-corrected chi connectivity index (χ4v) is 4.12. The maximum atomic E-state index is 13.3. The third-order valence-electron chi connectivity index (χ3n) is 4.65. The lowest BCUT2D eigenvalue weighted by atomic mass is 10.1. The van der Waals surface area contributed by atoms with Crippen molar-refractivity contribution in [1.82, 2.24) is 14.4 Å². The minimum absolute atomic E-state index is 0.286. The summed E-state index contributed by atoms with van der Waals surface area (Å²) in [4.78, 5) is 21.4. The lowest BCUT2D eigenvalue weighted by molar-refractivity contribution is 0.0884. The summed E-state index contributed by atoms with van der Waals surface area (Å²) in [7, 11) is 1.48. The summed E-state index contributed by atoms with van der Waals surface area (Å²) >= 11 is 7.19. The molecule has 2 aromatic heterocycles. The average Bonchev–Trinajstić information content (AvgIpc) is 3.24. The summed E-state index contributed by atoms with van der Waals surface area (Å²) in [5.74, 6) is 0.468. The molecular formula is C23H19ClFN3O3S. The Kier molecular flexibility index (Phi) is 6.82. The quantitative estimate of drug-likeness (QED) is 0.248. The monoisotopic (exact) mass is 471 g/mol. The Balaban J connectivity index is 1.38. The van der Waals surface area contributed by atoms with E-state index in [9.17, 15) is 9.18 Å². The zero-order valence-electron chi connectivity index (χ0n) is 17.1. The van der Waals surface area contributed by atoms with Gasteiger partial charge in [-0.15, -0.1) is 11.3 Å². The Hall–Kier alpha value is -3.23. The van der Waals surface area contributed by atoms with Gasteiger partial charge in [-0.25, -0.2) is 14.4 Å². The predicted octanol–water partition coefficient (Wildman–Crippen LogP) is 5.57.